The predicted molar refractivity (Wildman–Crippen MR) is 73.4 cm³/mol. The molecule has 1 aliphatic heterocycles. The van der Waals surface area contributed by atoms with Crippen molar-refractivity contribution in [1.29, 1.82) is 0 Å². The van der Waals surface area contributed by atoms with Gasteiger partial charge in [-0.15, -0.1) is 0 Å². The number of nitrogens with one attached hydrogen (secondary N) is 1. The van der Waals surface area contributed by atoms with Crippen molar-refractivity contribution in [3.63, 3.8) is 0 Å². The van der Waals surface area contributed by atoms with E-state index in [1.165, 1.54) is 37.8 Å². The Morgan fingerprint density at radius 2 is 2.00 bits per heavy atom. The average Bonchev–Trinajstić information content (AvgIpc) is 2.98. The maximum atomic E-state index is 4.41. The van der Waals surface area contributed by atoms with Crippen molar-refractivity contribution in [2.45, 2.75) is 58.0 Å². The highest BCUT2D eigenvalue weighted by Gasteiger charge is 2.28. The van der Waals surface area contributed by atoms with Gasteiger partial charge in [-0.3, -0.25) is 0 Å². The van der Waals surface area contributed by atoms with E-state index in [1.54, 1.807) is 0 Å². The van der Waals surface area contributed by atoms with E-state index in [1.807, 2.05) is 0 Å². The number of hydrogen-bond donors (Lipinski definition) is 1. The third-order valence-electron chi connectivity index (χ3n) is 4.66. The second-order valence-corrected chi connectivity index (χ2v) is 6.45. The second-order valence-electron chi connectivity index (χ2n) is 6.45. The van der Waals surface area contributed by atoms with Gasteiger partial charge in [0.1, 0.15) is 0 Å². The number of rotatable bonds is 2. The van der Waals surface area contributed by atoms with Gasteiger partial charge >= 0.3 is 0 Å². The predicted octanol–water partition coefficient (Wildman–Crippen LogP) is 3.30. The Kier molecular flexibility index (Phi) is 3.42. The maximum Gasteiger partial charge on any atom is 0.0951 e. The number of nitrogens with zero attached hydrogens (tertiary/aromatic N) is 2. The Bertz CT molecular complexity index is 382. The highest BCUT2D eigenvalue weighted by molar-refractivity contribution is 5.09. The van der Waals surface area contributed by atoms with Gasteiger partial charge in [-0.05, 0) is 50.5 Å². The Morgan fingerprint density at radius 3 is 2.67 bits per heavy atom. The lowest BCUT2D eigenvalue weighted by atomic mass is 9.80. The molecule has 1 aromatic rings. The van der Waals surface area contributed by atoms with Crippen LogP contribution in [0, 0.1) is 11.8 Å². The van der Waals surface area contributed by atoms with Crippen LogP contribution < -0.4 is 5.32 Å². The van der Waals surface area contributed by atoms with Crippen molar-refractivity contribution < 1.29 is 0 Å². The van der Waals surface area contributed by atoms with Crippen LogP contribution in [0.4, 0.5) is 0 Å². The van der Waals surface area contributed by atoms with Crippen molar-refractivity contribution in [3.05, 3.63) is 18.2 Å². The molecule has 2 aliphatic rings. The van der Waals surface area contributed by atoms with Gasteiger partial charge in [0.25, 0.3) is 0 Å². The molecule has 3 atom stereocenters. The van der Waals surface area contributed by atoms with E-state index >= 15 is 0 Å². The molecule has 3 nitrogen and oxygen atoms in total. The summed E-state index contributed by atoms with van der Waals surface area (Å²) in [4.78, 5) is 4.41. The summed E-state index contributed by atoms with van der Waals surface area (Å²) in [5, 5.41) is 3.60. The SMILES string of the molecule is CC1CC(C)CC(n2cncc2[C@@H]2CCCN2)C1. The van der Waals surface area contributed by atoms with Gasteiger partial charge in [0.2, 0.25) is 0 Å². The quantitative estimate of drug-likeness (QED) is 0.869. The van der Waals surface area contributed by atoms with Crippen molar-refractivity contribution >= 4 is 0 Å². The largest absolute Gasteiger partial charge is 0.330 e. The smallest absolute Gasteiger partial charge is 0.0951 e. The standard InChI is InChI=1S/C15H25N3/c1-11-6-12(2)8-13(7-11)18-10-16-9-15(18)14-4-3-5-17-14/h9-14,17H,3-8H2,1-2H3/t11?,12?,13?,14-/m0/s1. The molecule has 1 N–H and O–H groups in total. The zero-order valence-corrected chi connectivity index (χ0v) is 11.6. The molecule has 3 rings (SSSR count). The molecule has 18 heavy (non-hydrogen) atoms. The molecular weight excluding hydrogens is 222 g/mol. The molecule has 3 heteroatoms. The van der Waals surface area contributed by atoms with Crippen LogP contribution in [-0.4, -0.2) is 16.1 Å². The molecule has 1 aliphatic carbocycles. The van der Waals surface area contributed by atoms with Crippen LogP contribution >= 0.6 is 0 Å². The van der Waals surface area contributed by atoms with E-state index in [4.69, 9.17) is 0 Å². The molecule has 1 saturated carbocycles. The van der Waals surface area contributed by atoms with Gasteiger partial charge in [0, 0.05) is 18.3 Å². The molecule has 2 unspecified atom stereocenters. The lowest BCUT2D eigenvalue weighted by Gasteiger charge is -2.33. The molecule has 100 valence electrons. The van der Waals surface area contributed by atoms with Crippen LogP contribution in [-0.2, 0) is 0 Å². The van der Waals surface area contributed by atoms with Gasteiger partial charge in [-0.2, -0.15) is 0 Å². The number of imidazole rings is 1. The van der Waals surface area contributed by atoms with Crippen LogP contribution in [0.5, 0.6) is 0 Å². The van der Waals surface area contributed by atoms with Crippen LogP contribution in [0.3, 0.4) is 0 Å². The van der Waals surface area contributed by atoms with Crippen molar-refractivity contribution in [2.75, 3.05) is 6.54 Å². The summed E-state index contributed by atoms with van der Waals surface area (Å²) < 4.78 is 2.47. The fourth-order valence-electron chi connectivity index (χ4n) is 3.96. The highest BCUT2D eigenvalue weighted by atomic mass is 15.1. The molecular formula is C15H25N3. The lowest BCUT2D eigenvalue weighted by Crippen LogP contribution is -2.25. The van der Waals surface area contributed by atoms with Crippen molar-refractivity contribution in [3.8, 4) is 0 Å². The van der Waals surface area contributed by atoms with Crippen LogP contribution in [0.15, 0.2) is 12.5 Å². The van der Waals surface area contributed by atoms with Gasteiger partial charge in [-0.1, -0.05) is 13.8 Å². The number of hydrogen-bond acceptors (Lipinski definition) is 2. The highest BCUT2D eigenvalue weighted by Crippen LogP contribution is 2.37. The molecule has 0 bridgehead atoms. The number of aromatic nitrogens is 2. The van der Waals surface area contributed by atoms with E-state index in [-0.39, 0.29) is 0 Å². The summed E-state index contributed by atoms with van der Waals surface area (Å²) in [6.45, 7) is 5.95. The summed E-state index contributed by atoms with van der Waals surface area (Å²) in [6, 6.07) is 1.21. The first-order valence-corrected chi connectivity index (χ1v) is 7.49. The summed E-state index contributed by atoms with van der Waals surface area (Å²) >= 11 is 0. The topological polar surface area (TPSA) is 29.9 Å². The first kappa shape index (κ1) is 12.2. The third-order valence-corrected chi connectivity index (χ3v) is 4.66. The maximum absolute atomic E-state index is 4.41. The molecule has 2 heterocycles. The third kappa shape index (κ3) is 2.33. The Labute approximate surface area is 110 Å². The first-order valence-electron chi connectivity index (χ1n) is 7.49. The van der Waals surface area contributed by atoms with Crippen LogP contribution in [0.2, 0.25) is 0 Å². The van der Waals surface area contributed by atoms with Gasteiger partial charge < -0.3 is 9.88 Å². The summed E-state index contributed by atoms with van der Waals surface area (Å²) in [5.41, 5.74) is 1.42. The molecule has 0 radical (unpaired) electrons. The molecule has 2 fully saturated rings. The van der Waals surface area contributed by atoms with E-state index in [0.717, 1.165) is 18.4 Å². The monoisotopic (exact) mass is 247 g/mol. The molecule has 0 amide bonds. The Balaban J connectivity index is 1.81. The Hall–Kier alpha value is -0.830. The summed E-state index contributed by atoms with van der Waals surface area (Å²) in [5.74, 6) is 1.70. The zero-order valence-electron chi connectivity index (χ0n) is 11.6. The normalized spacial score (nSPS) is 37.0. The van der Waals surface area contributed by atoms with Crippen LogP contribution in [0.1, 0.15) is 63.7 Å². The zero-order chi connectivity index (χ0) is 12.5. The van der Waals surface area contributed by atoms with E-state index in [2.05, 4.69) is 41.2 Å². The van der Waals surface area contributed by atoms with Crippen molar-refractivity contribution in [1.82, 2.24) is 14.9 Å². The van der Waals surface area contributed by atoms with E-state index in [9.17, 15) is 0 Å². The molecule has 1 saturated heterocycles. The van der Waals surface area contributed by atoms with Gasteiger partial charge in [0.15, 0.2) is 0 Å². The van der Waals surface area contributed by atoms with Gasteiger partial charge in [-0.25, -0.2) is 4.98 Å². The van der Waals surface area contributed by atoms with Crippen LogP contribution in [0.25, 0.3) is 0 Å². The minimum atomic E-state index is 0.542. The van der Waals surface area contributed by atoms with E-state index in [0.29, 0.717) is 12.1 Å². The van der Waals surface area contributed by atoms with E-state index < -0.39 is 0 Å². The fraction of sp³-hybridized carbons (Fsp3) is 0.800. The van der Waals surface area contributed by atoms with Gasteiger partial charge in [0.05, 0.1) is 12.0 Å². The molecule has 0 spiro atoms. The minimum absolute atomic E-state index is 0.542. The summed E-state index contributed by atoms with van der Waals surface area (Å²) in [6.07, 6.45) is 10.7. The fourth-order valence-corrected chi connectivity index (χ4v) is 3.96. The lowest BCUT2D eigenvalue weighted by molar-refractivity contribution is 0.216. The Morgan fingerprint density at radius 1 is 1.22 bits per heavy atom. The first-order chi connectivity index (χ1) is 8.74. The summed E-state index contributed by atoms with van der Waals surface area (Å²) in [7, 11) is 0. The van der Waals surface area contributed by atoms with Crippen molar-refractivity contribution in [2.24, 2.45) is 11.8 Å². The minimum Gasteiger partial charge on any atom is -0.330 e. The molecule has 1 aromatic heterocycles. The second kappa shape index (κ2) is 5.04. The molecule has 0 aromatic carbocycles. The average molecular weight is 247 g/mol.